The van der Waals surface area contributed by atoms with Gasteiger partial charge < -0.3 is 23.7 Å². The van der Waals surface area contributed by atoms with Crippen molar-refractivity contribution >= 4 is 0 Å². The minimum absolute atomic E-state index is 0.250. The van der Waals surface area contributed by atoms with Gasteiger partial charge in [0, 0.05) is 6.42 Å². The van der Waals surface area contributed by atoms with E-state index in [9.17, 15) is 0 Å². The van der Waals surface area contributed by atoms with E-state index in [1.807, 2.05) is 60.7 Å². The SMILES string of the molecule is Cc1ccc(O[C@H]2C[C@@H](OCc3ccccc3)[C@H](OCc3ccccc3)[C@@H](COCc3ccccc3)O2)cc1C. The molecule has 4 aromatic rings. The second kappa shape index (κ2) is 14.2. The monoisotopic (exact) mass is 538 g/mol. The van der Waals surface area contributed by atoms with Crippen LogP contribution in [0.4, 0.5) is 0 Å². The van der Waals surface area contributed by atoms with Crippen molar-refractivity contribution in [3.8, 4) is 5.75 Å². The molecule has 4 atom stereocenters. The zero-order chi connectivity index (χ0) is 27.6. The predicted molar refractivity (Wildman–Crippen MR) is 156 cm³/mol. The average Bonchev–Trinajstić information content (AvgIpc) is 2.99. The van der Waals surface area contributed by atoms with Crippen LogP contribution in [0, 0.1) is 13.8 Å². The summed E-state index contributed by atoms with van der Waals surface area (Å²) >= 11 is 0. The standard InChI is InChI=1S/C35H38O5/c1-26-18-19-31(20-27(26)2)39-34-21-32(37-23-29-14-8-4-9-15-29)35(38-24-30-16-10-5-11-17-30)33(40-34)25-36-22-28-12-6-3-7-13-28/h3-20,32-35H,21-25H2,1-2H3/t32-,33-,34-,35+/m1/s1. The molecule has 208 valence electrons. The molecular weight excluding hydrogens is 500 g/mol. The molecule has 5 rings (SSSR count). The Labute approximate surface area is 237 Å². The third kappa shape index (κ3) is 8.03. The molecule has 0 unspecified atom stereocenters. The lowest BCUT2D eigenvalue weighted by Crippen LogP contribution is -2.53. The van der Waals surface area contributed by atoms with Crippen LogP contribution in [0.1, 0.15) is 34.2 Å². The van der Waals surface area contributed by atoms with Crippen molar-refractivity contribution in [2.45, 2.75) is 64.7 Å². The van der Waals surface area contributed by atoms with Gasteiger partial charge in [0.1, 0.15) is 18.0 Å². The van der Waals surface area contributed by atoms with Crippen molar-refractivity contribution in [3.05, 3.63) is 137 Å². The molecule has 0 amide bonds. The fourth-order valence-corrected chi connectivity index (χ4v) is 4.83. The molecule has 0 spiro atoms. The van der Waals surface area contributed by atoms with E-state index in [1.54, 1.807) is 0 Å². The molecule has 1 aliphatic heterocycles. The normalized spacial score (nSPS) is 20.8. The van der Waals surface area contributed by atoms with Crippen molar-refractivity contribution < 1.29 is 23.7 Å². The Morgan fingerprint density at radius 2 is 1.23 bits per heavy atom. The lowest BCUT2D eigenvalue weighted by atomic mass is 10.0. The molecule has 5 heteroatoms. The van der Waals surface area contributed by atoms with Crippen LogP contribution in [0.25, 0.3) is 0 Å². The highest BCUT2D eigenvalue weighted by molar-refractivity contribution is 5.34. The third-order valence-corrected chi connectivity index (χ3v) is 7.22. The molecule has 4 aromatic carbocycles. The summed E-state index contributed by atoms with van der Waals surface area (Å²) in [5.74, 6) is 0.780. The molecule has 0 radical (unpaired) electrons. The van der Waals surface area contributed by atoms with E-state index in [2.05, 4.69) is 62.4 Å². The van der Waals surface area contributed by atoms with E-state index >= 15 is 0 Å². The fraction of sp³-hybridized carbons (Fsp3) is 0.314. The first kappa shape index (κ1) is 28.1. The lowest BCUT2D eigenvalue weighted by molar-refractivity contribution is -0.257. The number of aryl methyl sites for hydroxylation is 2. The van der Waals surface area contributed by atoms with Crippen LogP contribution < -0.4 is 4.74 Å². The van der Waals surface area contributed by atoms with Crippen molar-refractivity contribution in [2.24, 2.45) is 0 Å². The Bertz CT molecular complexity index is 1300. The smallest absolute Gasteiger partial charge is 0.202 e. The van der Waals surface area contributed by atoms with Crippen LogP contribution in [-0.4, -0.2) is 31.2 Å². The van der Waals surface area contributed by atoms with E-state index in [0.29, 0.717) is 32.8 Å². The van der Waals surface area contributed by atoms with E-state index in [4.69, 9.17) is 23.7 Å². The van der Waals surface area contributed by atoms with Gasteiger partial charge in [0.05, 0.1) is 32.5 Å². The highest BCUT2D eigenvalue weighted by atomic mass is 16.7. The molecule has 5 nitrogen and oxygen atoms in total. The molecule has 0 aromatic heterocycles. The van der Waals surface area contributed by atoms with Crippen molar-refractivity contribution in [1.29, 1.82) is 0 Å². The lowest BCUT2D eigenvalue weighted by Gasteiger charge is -2.41. The molecule has 0 N–H and O–H groups in total. The molecule has 0 aliphatic carbocycles. The van der Waals surface area contributed by atoms with E-state index < -0.39 is 6.29 Å². The van der Waals surface area contributed by atoms with Crippen LogP contribution in [0.15, 0.2) is 109 Å². The number of ether oxygens (including phenoxy) is 5. The second-order valence-electron chi connectivity index (χ2n) is 10.3. The summed E-state index contributed by atoms with van der Waals surface area (Å²) in [4.78, 5) is 0. The van der Waals surface area contributed by atoms with Crippen molar-refractivity contribution in [1.82, 2.24) is 0 Å². The first-order valence-electron chi connectivity index (χ1n) is 14.0. The quantitative estimate of drug-likeness (QED) is 0.191. The highest BCUT2D eigenvalue weighted by Gasteiger charge is 2.41. The molecule has 1 heterocycles. The van der Waals surface area contributed by atoms with Gasteiger partial charge >= 0.3 is 0 Å². The number of hydrogen-bond donors (Lipinski definition) is 0. The van der Waals surface area contributed by atoms with E-state index in [1.165, 1.54) is 11.1 Å². The van der Waals surface area contributed by atoms with Crippen molar-refractivity contribution in [2.75, 3.05) is 6.61 Å². The van der Waals surface area contributed by atoms with Gasteiger partial charge in [0.25, 0.3) is 0 Å². The minimum atomic E-state index is -0.496. The van der Waals surface area contributed by atoms with Crippen molar-refractivity contribution in [3.63, 3.8) is 0 Å². The van der Waals surface area contributed by atoms with Crippen LogP contribution in [0.2, 0.25) is 0 Å². The summed E-state index contributed by atoms with van der Waals surface area (Å²) in [7, 11) is 0. The van der Waals surface area contributed by atoms with Gasteiger partial charge in [-0.05, 0) is 53.8 Å². The zero-order valence-electron chi connectivity index (χ0n) is 23.3. The average molecular weight is 539 g/mol. The Hall–Kier alpha value is -3.48. The maximum Gasteiger partial charge on any atom is 0.202 e. The summed E-state index contributed by atoms with van der Waals surface area (Å²) in [6.07, 6.45) is -0.920. The topological polar surface area (TPSA) is 46.2 Å². The van der Waals surface area contributed by atoms with Gasteiger partial charge in [-0.25, -0.2) is 0 Å². The predicted octanol–water partition coefficient (Wildman–Crippen LogP) is 7.18. The summed E-state index contributed by atoms with van der Waals surface area (Å²) in [6, 6.07) is 36.7. The van der Waals surface area contributed by atoms with E-state index in [0.717, 1.165) is 22.4 Å². The van der Waals surface area contributed by atoms with Gasteiger partial charge in [0.15, 0.2) is 0 Å². The summed E-state index contributed by atoms with van der Waals surface area (Å²) in [5, 5.41) is 0. The number of hydrogen-bond acceptors (Lipinski definition) is 5. The molecule has 1 saturated heterocycles. The van der Waals surface area contributed by atoms with Crippen LogP contribution in [0.3, 0.4) is 0 Å². The van der Waals surface area contributed by atoms with Crippen LogP contribution in [0.5, 0.6) is 5.75 Å². The number of benzene rings is 4. The number of rotatable bonds is 12. The largest absolute Gasteiger partial charge is 0.465 e. The molecule has 40 heavy (non-hydrogen) atoms. The highest BCUT2D eigenvalue weighted by Crippen LogP contribution is 2.30. The van der Waals surface area contributed by atoms with Gasteiger partial charge in [-0.15, -0.1) is 0 Å². The molecule has 0 saturated carbocycles. The van der Waals surface area contributed by atoms with E-state index in [-0.39, 0.29) is 18.3 Å². The Balaban J connectivity index is 1.34. The summed E-state index contributed by atoms with van der Waals surface area (Å²) in [5.41, 5.74) is 5.72. The minimum Gasteiger partial charge on any atom is -0.465 e. The first-order chi connectivity index (χ1) is 19.6. The first-order valence-corrected chi connectivity index (χ1v) is 14.0. The fourth-order valence-electron chi connectivity index (χ4n) is 4.83. The maximum atomic E-state index is 6.54. The Kier molecular flexibility index (Phi) is 9.99. The maximum absolute atomic E-state index is 6.54. The summed E-state index contributed by atoms with van der Waals surface area (Å²) < 4.78 is 32.1. The van der Waals surface area contributed by atoms with Gasteiger partial charge in [-0.3, -0.25) is 0 Å². The van der Waals surface area contributed by atoms with Gasteiger partial charge in [-0.2, -0.15) is 0 Å². The Morgan fingerprint density at radius 3 is 1.82 bits per heavy atom. The molecule has 1 fully saturated rings. The summed E-state index contributed by atoms with van der Waals surface area (Å²) in [6.45, 7) is 5.96. The zero-order valence-corrected chi connectivity index (χ0v) is 23.3. The van der Waals surface area contributed by atoms with Crippen LogP contribution >= 0.6 is 0 Å². The van der Waals surface area contributed by atoms with Gasteiger partial charge in [0.2, 0.25) is 6.29 Å². The molecular formula is C35H38O5. The third-order valence-electron chi connectivity index (χ3n) is 7.22. The molecule has 0 bridgehead atoms. The van der Waals surface area contributed by atoms with Crippen LogP contribution in [-0.2, 0) is 38.8 Å². The van der Waals surface area contributed by atoms with Gasteiger partial charge in [-0.1, -0.05) is 97.1 Å². The second-order valence-corrected chi connectivity index (χ2v) is 10.3. The molecule has 1 aliphatic rings. The Morgan fingerprint density at radius 1 is 0.650 bits per heavy atom.